The van der Waals surface area contributed by atoms with Crippen molar-refractivity contribution in [1.82, 2.24) is 10.7 Å². The molecule has 1 fully saturated rings. The fourth-order valence-corrected chi connectivity index (χ4v) is 3.64. The van der Waals surface area contributed by atoms with Gasteiger partial charge >= 0.3 is 0 Å². The van der Waals surface area contributed by atoms with Gasteiger partial charge in [0.1, 0.15) is 0 Å². The maximum atomic E-state index is 11.6. The number of hydrogen-bond acceptors (Lipinski definition) is 5. The highest BCUT2D eigenvalue weighted by Gasteiger charge is 2.30. The van der Waals surface area contributed by atoms with Gasteiger partial charge in [-0.15, -0.1) is 0 Å². The predicted octanol–water partition coefficient (Wildman–Crippen LogP) is -0.993. The Kier molecular flexibility index (Phi) is 5.83. The van der Waals surface area contributed by atoms with Gasteiger partial charge in [-0.2, -0.15) is 0 Å². The zero-order valence-electron chi connectivity index (χ0n) is 10.8. The van der Waals surface area contributed by atoms with Gasteiger partial charge in [-0.3, -0.25) is 10.4 Å². The summed E-state index contributed by atoms with van der Waals surface area (Å²) < 4.78 is 28.2. The van der Waals surface area contributed by atoms with Gasteiger partial charge in [-0.1, -0.05) is 0 Å². The lowest BCUT2D eigenvalue weighted by Crippen LogP contribution is -2.47. The van der Waals surface area contributed by atoms with Crippen molar-refractivity contribution in [3.63, 3.8) is 0 Å². The summed E-state index contributed by atoms with van der Waals surface area (Å²) in [5.74, 6) is 6.00. The SMILES string of the molecule is COCC(C)NC(=NCC1CCCS1(=O)=O)NN. The van der Waals surface area contributed by atoms with Crippen LogP contribution >= 0.6 is 0 Å². The maximum absolute atomic E-state index is 11.6. The molecule has 0 amide bonds. The molecule has 0 spiro atoms. The predicted molar refractivity (Wildman–Crippen MR) is 70.9 cm³/mol. The molecular weight excluding hydrogens is 256 g/mol. The number of hydrazine groups is 1. The van der Waals surface area contributed by atoms with Crippen LogP contribution in [-0.4, -0.2) is 51.7 Å². The van der Waals surface area contributed by atoms with E-state index in [0.29, 0.717) is 19.0 Å². The van der Waals surface area contributed by atoms with Crippen LogP contribution in [0.25, 0.3) is 0 Å². The fourth-order valence-electron chi connectivity index (χ4n) is 1.91. The first-order chi connectivity index (χ1) is 8.49. The fraction of sp³-hybridized carbons (Fsp3) is 0.900. The molecule has 1 rings (SSSR count). The molecule has 2 atom stereocenters. The summed E-state index contributed by atoms with van der Waals surface area (Å²) in [5.41, 5.74) is 2.43. The van der Waals surface area contributed by atoms with Crippen LogP contribution in [-0.2, 0) is 14.6 Å². The van der Waals surface area contributed by atoms with Crippen LogP contribution in [0.2, 0.25) is 0 Å². The Morgan fingerprint density at radius 2 is 2.33 bits per heavy atom. The quantitative estimate of drug-likeness (QED) is 0.258. The lowest BCUT2D eigenvalue weighted by atomic mass is 10.2. The molecule has 1 heterocycles. The Hall–Kier alpha value is -0.860. The minimum Gasteiger partial charge on any atom is -0.383 e. The average molecular weight is 278 g/mol. The van der Waals surface area contributed by atoms with E-state index in [-0.39, 0.29) is 23.6 Å². The molecule has 1 aliphatic rings. The molecule has 106 valence electrons. The van der Waals surface area contributed by atoms with Crippen LogP contribution in [0.3, 0.4) is 0 Å². The van der Waals surface area contributed by atoms with Crippen LogP contribution in [0.4, 0.5) is 0 Å². The zero-order valence-corrected chi connectivity index (χ0v) is 11.7. The van der Waals surface area contributed by atoms with Gasteiger partial charge in [-0.25, -0.2) is 14.3 Å². The summed E-state index contributed by atoms with van der Waals surface area (Å²) in [7, 11) is -1.35. The summed E-state index contributed by atoms with van der Waals surface area (Å²) in [4.78, 5) is 4.18. The van der Waals surface area contributed by atoms with E-state index in [1.54, 1.807) is 7.11 Å². The van der Waals surface area contributed by atoms with E-state index >= 15 is 0 Å². The second kappa shape index (κ2) is 6.91. The van der Waals surface area contributed by atoms with Crippen molar-refractivity contribution in [3.05, 3.63) is 0 Å². The Labute approximate surface area is 108 Å². The Balaban J connectivity index is 2.52. The zero-order chi connectivity index (χ0) is 13.6. The van der Waals surface area contributed by atoms with Crippen LogP contribution in [0.5, 0.6) is 0 Å². The first-order valence-electron chi connectivity index (χ1n) is 5.97. The minimum absolute atomic E-state index is 0.0463. The standard InChI is InChI=1S/C10H22N4O3S/c1-8(7-17-2)13-10(14-11)12-6-9-4-3-5-18(9,15)16/h8-9H,3-7,11H2,1-2H3,(H2,12,13,14). The summed E-state index contributed by atoms with van der Waals surface area (Å²) in [6, 6.07) is 0.0463. The highest BCUT2D eigenvalue weighted by atomic mass is 32.2. The summed E-state index contributed by atoms with van der Waals surface area (Å²) in [6.45, 7) is 2.68. The first-order valence-corrected chi connectivity index (χ1v) is 7.69. The molecule has 0 bridgehead atoms. The molecular formula is C10H22N4O3S. The van der Waals surface area contributed by atoms with Crippen LogP contribution < -0.4 is 16.6 Å². The topological polar surface area (TPSA) is 106 Å². The van der Waals surface area contributed by atoms with Crippen molar-refractivity contribution >= 4 is 15.8 Å². The Bertz CT molecular complexity index is 383. The van der Waals surface area contributed by atoms with Gasteiger partial charge in [0.15, 0.2) is 9.84 Å². The molecule has 1 aliphatic heterocycles. The lowest BCUT2D eigenvalue weighted by Gasteiger charge is -2.16. The van der Waals surface area contributed by atoms with Crippen molar-refractivity contribution in [1.29, 1.82) is 0 Å². The lowest BCUT2D eigenvalue weighted by molar-refractivity contribution is 0.179. The number of methoxy groups -OCH3 is 1. The molecule has 1 saturated heterocycles. The van der Waals surface area contributed by atoms with Crippen molar-refractivity contribution in [2.75, 3.05) is 26.0 Å². The van der Waals surface area contributed by atoms with E-state index in [0.717, 1.165) is 6.42 Å². The molecule has 0 aliphatic carbocycles. The van der Waals surface area contributed by atoms with Crippen molar-refractivity contribution < 1.29 is 13.2 Å². The molecule has 2 unspecified atom stereocenters. The van der Waals surface area contributed by atoms with E-state index in [9.17, 15) is 8.42 Å². The van der Waals surface area contributed by atoms with E-state index in [2.05, 4.69) is 15.7 Å². The van der Waals surface area contributed by atoms with Crippen LogP contribution in [0.15, 0.2) is 4.99 Å². The molecule has 8 heteroatoms. The number of nitrogens with two attached hydrogens (primary N) is 1. The van der Waals surface area contributed by atoms with Gasteiger partial charge in [0.2, 0.25) is 5.96 Å². The molecule has 4 N–H and O–H groups in total. The van der Waals surface area contributed by atoms with Gasteiger partial charge in [0.05, 0.1) is 24.2 Å². The number of guanidine groups is 1. The third kappa shape index (κ3) is 4.43. The number of rotatable bonds is 5. The molecule has 0 radical (unpaired) electrons. The van der Waals surface area contributed by atoms with E-state index in [1.807, 2.05) is 6.92 Å². The number of hydrogen-bond donors (Lipinski definition) is 3. The average Bonchev–Trinajstić information content (AvgIpc) is 2.64. The number of sulfone groups is 1. The van der Waals surface area contributed by atoms with Crippen molar-refractivity contribution in [2.24, 2.45) is 10.8 Å². The molecule has 0 saturated carbocycles. The number of nitrogens with one attached hydrogen (secondary N) is 2. The van der Waals surface area contributed by atoms with E-state index in [4.69, 9.17) is 10.6 Å². The van der Waals surface area contributed by atoms with Crippen molar-refractivity contribution in [2.45, 2.75) is 31.1 Å². The van der Waals surface area contributed by atoms with Gasteiger partial charge < -0.3 is 10.1 Å². The summed E-state index contributed by atoms with van der Waals surface area (Å²) in [6.07, 6.45) is 1.40. The minimum atomic E-state index is -2.96. The number of nitrogens with zero attached hydrogens (tertiary/aromatic N) is 1. The van der Waals surface area contributed by atoms with Gasteiger partial charge in [0, 0.05) is 13.2 Å². The van der Waals surface area contributed by atoms with E-state index in [1.165, 1.54) is 0 Å². The molecule has 18 heavy (non-hydrogen) atoms. The third-order valence-corrected chi connectivity index (χ3v) is 5.11. The normalized spacial score (nSPS) is 24.8. The maximum Gasteiger partial charge on any atom is 0.206 e. The highest BCUT2D eigenvalue weighted by Crippen LogP contribution is 2.19. The van der Waals surface area contributed by atoms with E-state index < -0.39 is 9.84 Å². The second-order valence-corrected chi connectivity index (χ2v) is 6.87. The highest BCUT2D eigenvalue weighted by molar-refractivity contribution is 7.92. The third-order valence-electron chi connectivity index (χ3n) is 2.85. The van der Waals surface area contributed by atoms with Gasteiger partial charge in [0.25, 0.3) is 0 Å². The first kappa shape index (κ1) is 15.2. The summed E-state index contributed by atoms with van der Waals surface area (Å²) >= 11 is 0. The second-order valence-electron chi connectivity index (χ2n) is 4.47. The molecule has 7 nitrogen and oxygen atoms in total. The molecule has 0 aromatic heterocycles. The smallest absolute Gasteiger partial charge is 0.206 e. The monoisotopic (exact) mass is 278 g/mol. The molecule has 0 aromatic rings. The van der Waals surface area contributed by atoms with Crippen LogP contribution in [0, 0.1) is 0 Å². The van der Waals surface area contributed by atoms with Crippen LogP contribution in [0.1, 0.15) is 19.8 Å². The van der Waals surface area contributed by atoms with Gasteiger partial charge in [-0.05, 0) is 19.8 Å². The Morgan fingerprint density at radius 1 is 1.61 bits per heavy atom. The van der Waals surface area contributed by atoms with Crippen molar-refractivity contribution in [3.8, 4) is 0 Å². The largest absolute Gasteiger partial charge is 0.383 e. The molecule has 0 aromatic carbocycles. The number of aliphatic imine (C=N–C) groups is 1. The number of ether oxygens (including phenoxy) is 1. The Morgan fingerprint density at radius 3 is 2.83 bits per heavy atom. The summed E-state index contributed by atoms with van der Waals surface area (Å²) in [5, 5.41) is 2.64.